The molecule has 0 aromatic heterocycles. The molecule has 0 heterocycles. The summed E-state index contributed by atoms with van der Waals surface area (Å²) >= 11 is 0. The Morgan fingerprint density at radius 3 is 2.06 bits per heavy atom. The van der Waals surface area contributed by atoms with E-state index >= 15 is 0 Å². The summed E-state index contributed by atoms with van der Waals surface area (Å²) in [5, 5.41) is 8.53. The van der Waals surface area contributed by atoms with Crippen molar-refractivity contribution < 1.29 is 27.5 Å². The minimum absolute atomic E-state index is 0.0829. The van der Waals surface area contributed by atoms with Gasteiger partial charge in [-0.1, -0.05) is 6.92 Å². The van der Waals surface area contributed by atoms with Crippen LogP contribution in [0, 0.1) is 29.2 Å². The van der Waals surface area contributed by atoms with Gasteiger partial charge in [0.2, 0.25) is 0 Å². The Hall–Kier alpha value is -1.59. The SMILES string of the molecule is CC(Cc1c(F)c(F)cc(F)c1F)C(=O)O. The molecule has 0 aliphatic rings. The third-order valence-corrected chi connectivity index (χ3v) is 2.13. The maximum absolute atomic E-state index is 13.1. The number of hydrogen-bond acceptors (Lipinski definition) is 1. The average molecular weight is 236 g/mol. The molecule has 0 aliphatic carbocycles. The molecule has 1 rings (SSSR count). The topological polar surface area (TPSA) is 37.3 Å². The van der Waals surface area contributed by atoms with Crippen molar-refractivity contribution in [1.29, 1.82) is 0 Å². The van der Waals surface area contributed by atoms with Crippen molar-refractivity contribution in [2.75, 3.05) is 0 Å². The van der Waals surface area contributed by atoms with Gasteiger partial charge < -0.3 is 5.11 Å². The van der Waals surface area contributed by atoms with E-state index in [-0.39, 0.29) is 6.07 Å². The van der Waals surface area contributed by atoms with E-state index in [4.69, 9.17) is 5.11 Å². The monoisotopic (exact) mass is 236 g/mol. The number of rotatable bonds is 3. The average Bonchev–Trinajstić information content (AvgIpc) is 2.21. The predicted molar refractivity (Wildman–Crippen MR) is 46.8 cm³/mol. The quantitative estimate of drug-likeness (QED) is 0.646. The first-order valence-corrected chi connectivity index (χ1v) is 4.39. The van der Waals surface area contributed by atoms with Crippen molar-refractivity contribution in [1.82, 2.24) is 0 Å². The Bertz CT molecular complexity index is 405. The standard InChI is InChI=1S/C10H8F4O2/c1-4(10(15)16)2-5-8(13)6(11)3-7(12)9(5)14/h3-4H,2H2,1H3,(H,15,16). The van der Waals surface area contributed by atoms with Crippen LogP contribution in [0.2, 0.25) is 0 Å². The van der Waals surface area contributed by atoms with Gasteiger partial charge in [-0.15, -0.1) is 0 Å². The highest BCUT2D eigenvalue weighted by Crippen LogP contribution is 2.22. The van der Waals surface area contributed by atoms with Crippen LogP contribution < -0.4 is 0 Å². The zero-order valence-electron chi connectivity index (χ0n) is 8.23. The predicted octanol–water partition coefficient (Wildman–Crippen LogP) is 2.51. The van der Waals surface area contributed by atoms with Gasteiger partial charge in [0, 0.05) is 11.6 Å². The molecule has 0 aliphatic heterocycles. The van der Waals surface area contributed by atoms with Crippen LogP contribution in [-0.2, 0) is 11.2 Å². The van der Waals surface area contributed by atoms with Crippen LogP contribution in [0.15, 0.2) is 6.07 Å². The van der Waals surface area contributed by atoms with E-state index in [2.05, 4.69) is 0 Å². The van der Waals surface area contributed by atoms with Gasteiger partial charge in [0.15, 0.2) is 23.3 Å². The van der Waals surface area contributed by atoms with Gasteiger partial charge in [-0.25, -0.2) is 17.6 Å². The molecular formula is C10H8F4O2. The summed E-state index contributed by atoms with van der Waals surface area (Å²) in [6.45, 7) is 1.18. The summed E-state index contributed by atoms with van der Waals surface area (Å²) in [6.07, 6.45) is -0.609. The molecule has 0 saturated heterocycles. The Kier molecular flexibility index (Phi) is 3.51. The van der Waals surface area contributed by atoms with Crippen molar-refractivity contribution in [3.05, 3.63) is 34.9 Å². The third-order valence-electron chi connectivity index (χ3n) is 2.13. The van der Waals surface area contributed by atoms with E-state index in [1.54, 1.807) is 0 Å². The highest BCUT2D eigenvalue weighted by atomic mass is 19.2. The van der Waals surface area contributed by atoms with Gasteiger partial charge in [0.05, 0.1) is 5.92 Å². The normalized spacial score (nSPS) is 12.6. The van der Waals surface area contributed by atoms with E-state index in [1.165, 1.54) is 6.92 Å². The van der Waals surface area contributed by atoms with Crippen molar-refractivity contribution >= 4 is 5.97 Å². The lowest BCUT2D eigenvalue weighted by molar-refractivity contribution is -0.141. The smallest absolute Gasteiger partial charge is 0.306 e. The van der Waals surface area contributed by atoms with E-state index in [1.807, 2.05) is 0 Å². The molecule has 6 heteroatoms. The number of carbonyl (C=O) groups is 1. The molecule has 16 heavy (non-hydrogen) atoms. The zero-order valence-corrected chi connectivity index (χ0v) is 8.23. The summed E-state index contributed by atoms with van der Waals surface area (Å²) in [4.78, 5) is 10.5. The molecule has 88 valence electrons. The van der Waals surface area contributed by atoms with Crippen LogP contribution in [0.25, 0.3) is 0 Å². The van der Waals surface area contributed by atoms with Gasteiger partial charge in [-0.2, -0.15) is 0 Å². The largest absolute Gasteiger partial charge is 0.481 e. The highest BCUT2D eigenvalue weighted by Gasteiger charge is 2.22. The second-order valence-electron chi connectivity index (χ2n) is 3.39. The zero-order chi connectivity index (χ0) is 12.5. The number of benzene rings is 1. The molecule has 0 radical (unpaired) electrons. The van der Waals surface area contributed by atoms with Crippen LogP contribution in [0.4, 0.5) is 17.6 Å². The lowest BCUT2D eigenvalue weighted by Crippen LogP contribution is -2.15. The van der Waals surface area contributed by atoms with E-state index in [9.17, 15) is 22.4 Å². The molecule has 1 N–H and O–H groups in total. The van der Waals surface area contributed by atoms with Gasteiger partial charge in [0.1, 0.15) is 0 Å². The fourth-order valence-corrected chi connectivity index (χ4v) is 1.20. The molecule has 1 unspecified atom stereocenters. The summed E-state index contributed by atoms with van der Waals surface area (Å²) in [7, 11) is 0. The second-order valence-corrected chi connectivity index (χ2v) is 3.39. The van der Waals surface area contributed by atoms with Gasteiger partial charge >= 0.3 is 5.97 Å². The van der Waals surface area contributed by atoms with Gasteiger partial charge in [-0.3, -0.25) is 4.79 Å². The first-order valence-electron chi connectivity index (χ1n) is 4.39. The molecule has 0 spiro atoms. The van der Waals surface area contributed by atoms with Crippen LogP contribution in [-0.4, -0.2) is 11.1 Å². The summed E-state index contributed by atoms with van der Waals surface area (Å²) < 4.78 is 51.7. The maximum Gasteiger partial charge on any atom is 0.306 e. The summed E-state index contributed by atoms with van der Waals surface area (Å²) in [6, 6.07) is 0.0829. The summed E-state index contributed by atoms with van der Waals surface area (Å²) in [5.74, 6) is -8.61. The summed E-state index contributed by atoms with van der Waals surface area (Å²) in [5.41, 5.74) is -0.882. The van der Waals surface area contributed by atoms with Crippen LogP contribution in [0.3, 0.4) is 0 Å². The third kappa shape index (κ3) is 2.32. The fraction of sp³-hybridized carbons (Fsp3) is 0.300. The molecular weight excluding hydrogens is 228 g/mol. The fourth-order valence-electron chi connectivity index (χ4n) is 1.20. The lowest BCUT2D eigenvalue weighted by Gasteiger charge is -2.09. The number of carboxylic acid groups (broad SMARTS) is 1. The molecule has 0 amide bonds. The van der Waals surface area contributed by atoms with Gasteiger partial charge in [-0.05, 0) is 6.42 Å². The minimum Gasteiger partial charge on any atom is -0.481 e. The molecule has 1 atom stereocenters. The number of hydrogen-bond donors (Lipinski definition) is 1. The molecule has 1 aromatic carbocycles. The van der Waals surface area contributed by atoms with Crippen molar-refractivity contribution in [3.8, 4) is 0 Å². The molecule has 2 nitrogen and oxygen atoms in total. The Balaban J connectivity index is 3.17. The minimum atomic E-state index is -1.55. The van der Waals surface area contributed by atoms with Crippen LogP contribution >= 0.6 is 0 Å². The Morgan fingerprint density at radius 2 is 1.69 bits per heavy atom. The van der Waals surface area contributed by atoms with Crippen molar-refractivity contribution in [2.45, 2.75) is 13.3 Å². The molecule has 0 bridgehead atoms. The van der Waals surface area contributed by atoms with Crippen molar-refractivity contribution in [2.24, 2.45) is 5.92 Å². The molecule has 0 saturated carbocycles. The number of aliphatic carboxylic acids is 1. The molecule has 1 aromatic rings. The molecule has 0 fully saturated rings. The van der Waals surface area contributed by atoms with E-state index < -0.39 is 47.1 Å². The number of carboxylic acids is 1. The second kappa shape index (κ2) is 4.51. The Morgan fingerprint density at radius 1 is 1.25 bits per heavy atom. The van der Waals surface area contributed by atoms with E-state index in [0.29, 0.717) is 0 Å². The first-order chi connectivity index (χ1) is 7.34. The van der Waals surface area contributed by atoms with E-state index in [0.717, 1.165) is 0 Å². The first kappa shape index (κ1) is 12.5. The number of halogens is 4. The van der Waals surface area contributed by atoms with Crippen LogP contribution in [0.5, 0.6) is 0 Å². The van der Waals surface area contributed by atoms with Gasteiger partial charge in [0.25, 0.3) is 0 Å². The Labute approximate surface area is 88.5 Å². The van der Waals surface area contributed by atoms with Crippen LogP contribution in [0.1, 0.15) is 12.5 Å². The highest BCUT2D eigenvalue weighted by molar-refractivity contribution is 5.69. The van der Waals surface area contributed by atoms with Crippen molar-refractivity contribution in [3.63, 3.8) is 0 Å². The maximum atomic E-state index is 13.1. The lowest BCUT2D eigenvalue weighted by atomic mass is 10.00.